The highest BCUT2D eigenvalue weighted by atomic mass is 32.1. The molecule has 0 aliphatic carbocycles. The van der Waals surface area contributed by atoms with Gasteiger partial charge in [-0.15, -0.1) is 11.3 Å². The molecule has 9 heteroatoms. The summed E-state index contributed by atoms with van der Waals surface area (Å²) < 4.78 is 2.72. The molecule has 1 aliphatic heterocycles. The second kappa shape index (κ2) is 8.27. The number of carbonyl (C=O) groups is 1. The van der Waals surface area contributed by atoms with E-state index in [-0.39, 0.29) is 23.1 Å². The Labute approximate surface area is 177 Å². The first-order valence-corrected chi connectivity index (χ1v) is 10.7. The summed E-state index contributed by atoms with van der Waals surface area (Å²) in [6.45, 7) is 2.93. The third kappa shape index (κ3) is 3.68. The van der Waals surface area contributed by atoms with E-state index in [2.05, 4.69) is 10.3 Å². The summed E-state index contributed by atoms with van der Waals surface area (Å²) in [5.41, 5.74) is 1.16. The minimum absolute atomic E-state index is 0.0384. The van der Waals surface area contributed by atoms with Gasteiger partial charge in [0.2, 0.25) is 5.91 Å². The summed E-state index contributed by atoms with van der Waals surface area (Å²) in [6, 6.07) is 9.29. The minimum Gasteiger partial charge on any atom is -0.366 e. The quantitative estimate of drug-likeness (QED) is 0.692. The topological polar surface area (TPSA) is 89.2 Å². The third-order valence-corrected chi connectivity index (χ3v) is 6.21. The van der Waals surface area contributed by atoms with E-state index in [1.54, 1.807) is 17.7 Å². The molecule has 1 aliphatic rings. The van der Waals surface area contributed by atoms with Crippen LogP contribution in [-0.4, -0.2) is 33.1 Å². The number of para-hydroxylation sites is 1. The monoisotopic (exact) mass is 425 g/mol. The van der Waals surface area contributed by atoms with Crippen molar-refractivity contribution < 1.29 is 4.79 Å². The Morgan fingerprint density at radius 3 is 2.50 bits per heavy atom. The van der Waals surface area contributed by atoms with Crippen LogP contribution in [0.4, 0.5) is 10.8 Å². The van der Waals surface area contributed by atoms with Crippen molar-refractivity contribution in [1.29, 1.82) is 0 Å². The van der Waals surface area contributed by atoms with E-state index in [1.807, 2.05) is 40.6 Å². The predicted octanol–water partition coefficient (Wildman–Crippen LogP) is 2.16. The number of nitrogens with one attached hydrogen (secondary N) is 1. The SMILES string of the molecule is Cc1c(N2CCC(C(=O)Nc3nccs3)CC2)c(=O)n(C)c(=O)n1-c1ccccc1. The first-order chi connectivity index (χ1) is 14.5. The molecular formula is C21H23N5O3S. The van der Waals surface area contributed by atoms with Crippen molar-refractivity contribution in [3.63, 3.8) is 0 Å². The maximum atomic E-state index is 12.9. The van der Waals surface area contributed by atoms with E-state index < -0.39 is 0 Å². The van der Waals surface area contributed by atoms with E-state index in [9.17, 15) is 14.4 Å². The molecular weight excluding hydrogens is 402 g/mol. The van der Waals surface area contributed by atoms with Gasteiger partial charge in [0.15, 0.2) is 5.13 Å². The number of nitrogens with zero attached hydrogens (tertiary/aromatic N) is 4. The van der Waals surface area contributed by atoms with Gasteiger partial charge in [-0.2, -0.15) is 0 Å². The summed E-state index contributed by atoms with van der Waals surface area (Å²) in [5, 5.41) is 5.27. The van der Waals surface area contributed by atoms with Crippen LogP contribution in [0.3, 0.4) is 0 Å². The van der Waals surface area contributed by atoms with Crippen LogP contribution in [0, 0.1) is 12.8 Å². The molecule has 0 atom stereocenters. The zero-order chi connectivity index (χ0) is 21.3. The lowest BCUT2D eigenvalue weighted by atomic mass is 9.95. The van der Waals surface area contributed by atoms with Gasteiger partial charge in [0.1, 0.15) is 5.69 Å². The summed E-state index contributed by atoms with van der Waals surface area (Å²) in [7, 11) is 1.50. The van der Waals surface area contributed by atoms with Gasteiger partial charge in [-0.1, -0.05) is 18.2 Å². The highest BCUT2D eigenvalue weighted by Crippen LogP contribution is 2.25. The maximum Gasteiger partial charge on any atom is 0.335 e. The number of amides is 1. The molecule has 8 nitrogen and oxygen atoms in total. The number of hydrogen-bond acceptors (Lipinski definition) is 6. The lowest BCUT2D eigenvalue weighted by Gasteiger charge is -2.33. The smallest absolute Gasteiger partial charge is 0.335 e. The summed E-state index contributed by atoms with van der Waals surface area (Å²) in [4.78, 5) is 44.3. The number of rotatable bonds is 4. The molecule has 0 saturated carbocycles. The van der Waals surface area contributed by atoms with Gasteiger partial charge in [-0.25, -0.2) is 9.78 Å². The van der Waals surface area contributed by atoms with Gasteiger partial charge in [-0.05, 0) is 31.9 Å². The fraction of sp³-hybridized carbons (Fsp3) is 0.333. The number of piperidine rings is 1. The van der Waals surface area contributed by atoms with Crippen molar-refractivity contribution in [3.05, 3.63) is 68.4 Å². The second-order valence-electron chi connectivity index (χ2n) is 7.34. The highest BCUT2D eigenvalue weighted by Gasteiger charge is 2.29. The number of aromatic nitrogens is 3. The maximum absolute atomic E-state index is 12.9. The molecule has 1 fully saturated rings. The molecule has 2 aromatic heterocycles. The Kier molecular flexibility index (Phi) is 5.54. The first kappa shape index (κ1) is 20.1. The van der Waals surface area contributed by atoms with E-state index >= 15 is 0 Å². The second-order valence-corrected chi connectivity index (χ2v) is 8.23. The molecule has 3 aromatic rings. The zero-order valence-corrected chi connectivity index (χ0v) is 17.7. The summed E-state index contributed by atoms with van der Waals surface area (Å²) in [5.74, 6) is -0.169. The average Bonchev–Trinajstić information content (AvgIpc) is 3.27. The molecule has 1 aromatic carbocycles. The molecule has 4 rings (SSSR count). The van der Waals surface area contributed by atoms with Gasteiger partial charge >= 0.3 is 5.69 Å². The minimum atomic E-state index is -0.370. The van der Waals surface area contributed by atoms with Crippen LogP contribution >= 0.6 is 11.3 Å². The Hall–Kier alpha value is -3.20. The van der Waals surface area contributed by atoms with Crippen LogP contribution < -0.4 is 21.5 Å². The van der Waals surface area contributed by atoms with Gasteiger partial charge < -0.3 is 10.2 Å². The molecule has 1 amide bonds. The van der Waals surface area contributed by atoms with Gasteiger partial charge in [0.05, 0.1) is 11.4 Å². The normalized spacial score (nSPS) is 14.7. The molecule has 156 valence electrons. The molecule has 0 unspecified atom stereocenters. The van der Waals surface area contributed by atoms with Crippen molar-refractivity contribution in [1.82, 2.24) is 14.1 Å². The predicted molar refractivity (Wildman–Crippen MR) is 118 cm³/mol. The van der Waals surface area contributed by atoms with Gasteiger partial charge in [-0.3, -0.25) is 18.7 Å². The van der Waals surface area contributed by atoms with Crippen molar-refractivity contribution in [2.24, 2.45) is 13.0 Å². The van der Waals surface area contributed by atoms with Crippen LogP contribution in [0.5, 0.6) is 0 Å². The Morgan fingerprint density at radius 2 is 1.87 bits per heavy atom. The van der Waals surface area contributed by atoms with E-state index in [1.165, 1.54) is 18.4 Å². The molecule has 30 heavy (non-hydrogen) atoms. The van der Waals surface area contributed by atoms with Crippen LogP contribution in [0.1, 0.15) is 18.5 Å². The largest absolute Gasteiger partial charge is 0.366 e. The van der Waals surface area contributed by atoms with Gasteiger partial charge in [0.25, 0.3) is 5.56 Å². The Balaban J connectivity index is 1.59. The number of hydrogen-bond donors (Lipinski definition) is 1. The van der Waals surface area contributed by atoms with E-state index in [0.717, 1.165) is 10.3 Å². The Morgan fingerprint density at radius 1 is 1.17 bits per heavy atom. The van der Waals surface area contributed by atoms with Crippen LogP contribution in [-0.2, 0) is 11.8 Å². The summed E-state index contributed by atoms with van der Waals surface area (Å²) >= 11 is 1.39. The lowest BCUT2D eigenvalue weighted by molar-refractivity contribution is -0.120. The van der Waals surface area contributed by atoms with Crippen LogP contribution in [0.15, 0.2) is 51.5 Å². The molecule has 1 N–H and O–H groups in total. The van der Waals surface area contributed by atoms with Crippen molar-refractivity contribution in [2.75, 3.05) is 23.3 Å². The van der Waals surface area contributed by atoms with Crippen LogP contribution in [0.2, 0.25) is 0 Å². The molecule has 3 heterocycles. The number of benzene rings is 1. The lowest BCUT2D eigenvalue weighted by Crippen LogP contribution is -2.46. The number of thiazole rings is 1. The molecule has 0 spiro atoms. The Bertz CT molecular complexity index is 1160. The van der Waals surface area contributed by atoms with Crippen LogP contribution in [0.25, 0.3) is 5.69 Å². The molecule has 1 saturated heterocycles. The molecule has 0 radical (unpaired) electrons. The first-order valence-electron chi connectivity index (χ1n) is 9.80. The van der Waals surface area contributed by atoms with E-state index in [0.29, 0.717) is 42.4 Å². The fourth-order valence-corrected chi connectivity index (χ4v) is 4.43. The van der Waals surface area contributed by atoms with Crippen molar-refractivity contribution >= 4 is 28.1 Å². The molecule has 0 bridgehead atoms. The van der Waals surface area contributed by atoms with Crippen molar-refractivity contribution in [2.45, 2.75) is 19.8 Å². The summed E-state index contributed by atoms with van der Waals surface area (Å²) in [6.07, 6.45) is 2.91. The fourth-order valence-electron chi connectivity index (χ4n) is 3.90. The average molecular weight is 426 g/mol. The van der Waals surface area contributed by atoms with E-state index in [4.69, 9.17) is 0 Å². The third-order valence-electron chi connectivity index (χ3n) is 5.52. The number of anilines is 2. The zero-order valence-electron chi connectivity index (χ0n) is 16.9. The standard InChI is InChI=1S/C21H23N5O3S/c1-14-17(19(28)24(2)21(29)26(14)16-6-4-3-5-7-16)25-11-8-15(9-12-25)18(27)23-20-22-10-13-30-20/h3-7,10,13,15H,8-9,11-12H2,1-2H3,(H,22,23,27). The van der Waals surface area contributed by atoms with Gasteiger partial charge in [0, 0.05) is 37.6 Å². The number of carbonyl (C=O) groups excluding carboxylic acids is 1. The highest BCUT2D eigenvalue weighted by molar-refractivity contribution is 7.13. The van der Waals surface area contributed by atoms with Crippen molar-refractivity contribution in [3.8, 4) is 5.69 Å².